The van der Waals surface area contributed by atoms with Crippen LogP contribution < -0.4 is 15.4 Å². The minimum absolute atomic E-state index is 0.105. The minimum Gasteiger partial charge on any atom is -0.493 e. The van der Waals surface area contributed by atoms with E-state index in [1.807, 2.05) is 18.2 Å². The number of carbonyl (C=O) groups excluding carboxylic acids is 1. The van der Waals surface area contributed by atoms with Crippen molar-refractivity contribution in [2.75, 3.05) is 23.8 Å². The molecule has 0 atom stereocenters. The lowest BCUT2D eigenvalue weighted by Gasteiger charge is -2.11. The Morgan fingerprint density at radius 1 is 1.08 bits per heavy atom. The lowest BCUT2D eigenvalue weighted by Crippen LogP contribution is -2.21. The summed E-state index contributed by atoms with van der Waals surface area (Å²) in [6.45, 7) is 4.90. The molecule has 0 fully saturated rings. The van der Waals surface area contributed by atoms with Gasteiger partial charge >= 0.3 is 0 Å². The Hall–Kier alpha value is -1.91. The van der Waals surface area contributed by atoms with Gasteiger partial charge in [-0.15, -0.1) is 0 Å². The summed E-state index contributed by atoms with van der Waals surface area (Å²) >= 11 is 11.9. The van der Waals surface area contributed by atoms with Crippen LogP contribution in [0.1, 0.15) is 13.8 Å². The van der Waals surface area contributed by atoms with Gasteiger partial charge in [-0.3, -0.25) is 4.79 Å². The number of amides is 1. The van der Waals surface area contributed by atoms with E-state index in [2.05, 4.69) is 24.5 Å². The highest BCUT2D eigenvalue weighted by Gasteiger charge is 2.05. The predicted molar refractivity (Wildman–Crippen MR) is 100 cm³/mol. The van der Waals surface area contributed by atoms with Crippen LogP contribution in [-0.2, 0) is 4.79 Å². The van der Waals surface area contributed by atoms with Crippen molar-refractivity contribution in [3.05, 3.63) is 52.5 Å². The molecule has 128 valence electrons. The van der Waals surface area contributed by atoms with Crippen molar-refractivity contribution in [2.24, 2.45) is 5.92 Å². The number of nitrogens with one attached hydrogen (secondary N) is 2. The van der Waals surface area contributed by atoms with E-state index in [0.29, 0.717) is 33.9 Å². The van der Waals surface area contributed by atoms with Crippen molar-refractivity contribution in [1.82, 2.24) is 0 Å². The second kappa shape index (κ2) is 8.81. The molecule has 0 saturated heterocycles. The van der Waals surface area contributed by atoms with Gasteiger partial charge in [-0.25, -0.2) is 0 Å². The van der Waals surface area contributed by atoms with Gasteiger partial charge in [-0.1, -0.05) is 43.1 Å². The topological polar surface area (TPSA) is 50.4 Å². The predicted octanol–water partition coefficient (Wildman–Crippen LogP) is 5.08. The summed E-state index contributed by atoms with van der Waals surface area (Å²) in [4.78, 5) is 12.1. The smallest absolute Gasteiger partial charge is 0.243 e. The fraction of sp³-hybridized carbons (Fsp3) is 0.278. The van der Waals surface area contributed by atoms with Crippen LogP contribution >= 0.6 is 23.2 Å². The van der Waals surface area contributed by atoms with Crippen LogP contribution in [0.25, 0.3) is 0 Å². The zero-order valence-corrected chi connectivity index (χ0v) is 15.1. The summed E-state index contributed by atoms with van der Waals surface area (Å²) in [5, 5.41) is 6.84. The largest absolute Gasteiger partial charge is 0.493 e. The Morgan fingerprint density at radius 3 is 2.46 bits per heavy atom. The minimum atomic E-state index is -0.174. The van der Waals surface area contributed by atoms with Crippen molar-refractivity contribution in [3.63, 3.8) is 0 Å². The number of anilines is 2. The lowest BCUT2D eigenvalue weighted by molar-refractivity contribution is -0.114. The van der Waals surface area contributed by atoms with Gasteiger partial charge in [-0.05, 0) is 36.2 Å². The molecule has 4 nitrogen and oxygen atoms in total. The van der Waals surface area contributed by atoms with E-state index < -0.39 is 0 Å². The Kier molecular flexibility index (Phi) is 6.76. The van der Waals surface area contributed by atoms with Crippen LogP contribution in [0.4, 0.5) is 11.4 Å². The molecule has 0 saturated carbocycles. The van der Waals surface area contributed by atoms with Crippen molar-refractivity contribution in [1.29, 1.82) is 0 Å². The quantitative estimate of drug-likeness (QED) is 0.718. The highest BCUT2D eigenvalue weighted by atomic mass is 35.5. The summed E-state index contributed by atoms with van der Waals surface area (Å²) in [6, 6.07) is 12.4. The molecule has 0 heterocycles. The second-order valence-corrected chi connectivity index (χ2v) is 6.67. The first-order valence-corrected chi connectivity index (χ1v) is 8.40. The zero-order chi connectivity index (χ0) is 17.5. The summed E-state index contributed by atoms with van der Waals surface area (Å²) in [5.41, 5.74) is 1.38. The van der Waals surface area contributed by atoms with Gasteiger partial charge in [0.05, 0.1) is 13.2 Å². The molecular formula is C18H20Cl2N2O2. The Balaban J connectivity index is 1.88. The maximum atomic E-state index is 12.1. The van der Waals surface area contributed by atoms with Crippen LogP contribution in [0, 0.1) is 5.92 Å². The monoisotopic (exact) mass is 366 g/mol. The molecule has 0 aromatic heterocycles. The molecule has 0 unspecified atom stereocenters. The van der Waals surface area contributed by atoms with Crippen LogP contribution in [0.15, 0.2) is 42.5 Å². The number of hydrogen-bond acceptors (Lipinski definition) is 3. The Morgan fingerprint density at radius 2 is 1.79 bits per heavy atom. The number of benzene rings is 2. The molecule has 2 rings (SSSR count). The van der Waals surface area contributed by atoms with E-state index in [0.717, 1.165) is 5.75 Å². The molecule has 1 amide bonds. The molecule has 2 aromatic carbocycles. The number of rotatable bonds is 7. The average Bonchev–Trinajstić information content (AvgIpc) is 2.50. The lowest BCUT2D eigenvalue weighted by atomic mass is 10.2. The highest BCUT2D eigenvalue weighted by Crippen LogP contribution is 2.22. The third-order valence-electron chi connectivity index (χ3n) is 3.02. The third kappa shape index (κ3) is 6.30. The van der Waals surface area contributed by atoms with Crippen LogP contribution in [-0.4, -0.2) is 19.1 Å². The summed E-state index contributed by atoms with van der Waals surface area (Å²) in [5.74, 6) is 1.00. The molecular weight excluding hydrogens is 347 g/mol. The standard InChI is InChI=1S/C18H20Cl2N2O2/c1-12(2)11-24-17-5-3-4-15(9-17)22-18(23)10-21-16-7-13(19)6-14(20)8-16/h3-9,12,21H,10-11H2,1-2H3,(H,22,23). The normalized spacial score (nSPS) is 10.5. The van der Waals surface area contributed by atoms with E-state index in [9.17, 15) is 4.79 Å². The fourth-order valence-corrected chi connectivity index (χ4v) is 2.50. The maximum Gasteiger partial charge on any atom is 0.243 e. The summed E-state index contributed by atoms with van der Waals surface area (Å²) < 4.78 is 5.65. The van der Waals surface area contributed by atoms with Gasteiger partial charge in [0, 0.05) is 27.5 Å². The van der Waals surface area contributed by atoms with E-state index in [4.69, 9.17) is 27.9 Å². The zero-order valence-electron chi connectivity index (χ0n) is 13.6. The second-order valence-electron chi connectivity index (χ2n) is 5.79. The number of carbonyl (C=O) groups is 1. The van der Waals surface area contributed by atoms with Crippen LogP contribution in [0.5, 0.6) is 5.75 Å². The van der Waals surface area contributed by atoms with Crippen LogP contribution in [0.2, 0.25) is 10.0 Å². The van der Waals surface area contributed by atoms with Gasteiger partial charge in [0.15, 0.2) is 0 Å². The Labute approximate surface area is 152 Å². The van der Waals surface area contributed by atoms with E-state index in [1.165, 1.54) is 0 Å². The molecule has 0 radical (unpaired) electrons. The van der Waals surface area contributed by atoms with Crippen LogP contribution in [0.3, 0.4) is 0 Å². The molecule has 0 spiro atoms. The number of halogens is 2. The maximum absolute atomic E-state index is 12.1. The number of hydrogen-bond donors (Lipinski definition) is 2. The van der Waals surface area contributed by atoms with Gasteiger partial charge < -0.3 is 15.4 Å². The van der Waals surface area contributed by atoms with E-state index in [1.54, 1.807) is 24.3 Å². The average molecular weight is 367 g/mol. The van der Waals surface area contributed by atoms with Gasteiger partial charge in [0.2, 0.25) is 5.91 Å². The molecule has 0 aliphatic carbocycles. The van der Waals surface area contributed by atoms with E-state index >= 15 is 0 Å². The Bertz CT molecular complexity index is 685. The summed E-state index contributed by atoms with van der Waals surface area (Å²) in [7, 11) is 0. The molecule has 6 heteroatoms. The van der Waals surface area contributed by atoms with Gasteiger partial charge in [-0.2, -0.15) is 0 Å². The summed E-state index contributed by atoms with van der Waals surface area (Å²) in [6.07, 6.45) is 0. The molecule has 0 aliphatic rings. The van der Waals surface area contributed by atoms with E-state index in [-0.39, 0.29) is 12.5 Å². The van der Waals surface area contributed by atoms with Gasteiger partial charge in [0.1, 0.15) is 5.75 Å². The first-order valence-electron chi connectivity index (χ1n) is 7.65. The van der Waals surface area contributed by atoms with Crippen molar-refractivity contribution in [3.8, 4) is 5.75 Å². The third-order valence-corrected chi connectivity index (χ3v) is 3.45. The molecule has 2 aromatic rings. The first-order chi connectivity index (χ1) is 11.4. The number of ether oxygens (including phenoxy) is 1. The SMILES string of the molecule is CC(C)COc1cccc(NC(=O)CNc2cc(Cl)cc(Cl)c2)c1. The fourth-order valence-electron chi connectivity index (χ4n) is 1.97. The molecule has 2 N–H and O–H groups in total. The van der Waals surface area contributed by atoms with Gasteiger partial charge in [0.25, 0.3) is 0 Å². The van der Waals surface area contributed by atoms with Crippen molar-refractivity contribution >= 4 is 40.5 Å². The first kappa shape index (κ1) is 18.4. The van der Waals surface area contributed by atoms with Crippen molar-refractivity contribution in [2.45, 2.75) is 13.8 Å². The molecule has 24 heavy (non-hydrogen) atoms. The highest BCUT2D eigenvalue weighted by molar-refractivity contribution is 6.35. The molecule has 0 bridgehead atoms. The molecule has 0 aliphatic heterocycles. The van der Waals surface area contributed by atoms with Crippen molar-refractivity contribution < 1.29 is 9.53 Å².